The Labute approximate surface area is 254 Å². The zero-order valence-corrected chi connectivity index (χ0v) is 24.5. The van der Waals surface area contributed by atoms with Crippen molar-refractivity contribution in [1.29, 1.82) is 0 Å². The first-order valence-electron chi connectivity index (χ1n) is 13.6. The molecule has 0 spiro atoms. The highest BCUT2D eigenvalue weighted by atomic mass is 35.5. The molecule has 13 nitrogen and oxygen atoms in total. The summed E-state index contributed by atoms with van der Waals surface area (Å²) in [5, 5.41) is 23.0. The average Bonchev–Trinajstić information content (AvgIpc) is 3.78. The fourth-order valence-electron chi connectivity index (χ4n) is 5.54. The van der Waals surface area contributed by atoms with Gasteiger partial charge in [-0.25, -0.2) is 19.3 Å². The lowest BCUT2D eigenvalue weighted by molar-refractivity contribution is -0.119. The number of amides is 1. The van der Waals surface area contributed by atoms with E-state index in [0.717, 1.165) is 0 Å². The van der Waals surface area contributed by atoms with Crippen molar-refractivity contribution in [3.8, 4) is 11.5 Å². The Kier molecular flexibility index (Phi) is 6.21. The molecule has 0 saturated carbocycles. The number of benzene rings is 2. The molecule has 0 aliphatic carbocycles. The van der Waals surface area contributed by atoms with E-state index in [4.69, 9.17) is 26.9 Å². The molecule has 44 heavy (non-hydrogen) atoms. The van der Waals surface area contributed by atoms with Crippen molar-refractivity contribution in [2.24, 2.45) is 0 Å². The van der Waals surface area contributed by atoms with Crippen LogP contribution < -0.4 is 11.1 Å². The van der Waals surface area contributed by atoms with Gasteiger partial charge in [-0.3, -0.25) is 9.48 Å². The van der Waals surface area contributed by atoms with Crippen molar-refractivity contribution >= 4 is 40.0 Å². The number of nitrogens with zero attached hydrogens (tertiary/aromatic N) is 8. The topological polar surface area (TPSA) is 179 Å². The molecule has 15 heteroatoms. The van der Waals surface area contributed by atoms with Gasteiger partial charge in [-0.15, -0.1) is 10.2 Å². The monoisotopic (exact) mass is 613 g/mol. The van der Waals surface area contributed by atoms with Crippen molar-refractivity contribution in [3.05, 3.63) is 88.1 Å². The standard InChI is InChI=1S/C29H25ClFN11O2/c1-28(2,25-37-40-41-38-25)11-16-13-44-27(33-16)29(3)20-22(32)34-24(35-23(20)36-26(29)43)21-17-9-8-15(30)10-19(17)42(39-21)12-14-6-4-5-7-18(14)31/h4-10,13H,11-12H2,1-3H3,(H,37,38,40,41)(H3,32,34,35,36,43). The predicted octanol–water partition coefficient (Wildman–Crippen LogP) is 4.20. The number of carbonyl (C=O) groups is 1. The number of anilines is 2. The summed E-state index contributed by atoms with van der Waals surface area (Å²) in [4.78, 5) is 27.4. The Hall–Kier alpha value is -5.24. The molecule has 0 fully saturated rings. The van der Waals surface area contributed by atoms with Gasteiger partial charge in [0.1, 0.15) is 29.4 Å². The van der Waals surface area contributed by atoms with Gasteiger partial charge < -0.3 is 15.5 Å². The molecule has 1 atom stereocenters. The van der Waals surface area contributed by atoms with E-state index in [9.17, 15) is 9.18 Å². The molecular weight excluding hydrogens is 589 g/mol. The number of tetrazole rings is 1. The van der Waals surface area contributed by atoms with Gasteiger partial charge in [-0.1, -0.05) is 48.9 Å². The Morgan fingerprint density at radius 2 is 1.98 bits per heavy atom. The molecule has 6 aromatic rings. The summed E-state index contributed by atoms with van der Waals surface area (Å²) < 4.78 is 22.0. The number of nitrogens with two attached hydrogens (primary N) is 1. The molecule has 0 saturated heterocycles. The number of H-pyrrole nitrogens is 1. The van der Waals surface area contributed by atoms with Crippen LogP contribution in [0.1, 0.15) is 49.3 Å². The van der Waals surface area contributed by atoms with E-state index in [1.807, 2.05) is 13.8 Å². The van der Waals surface area contributed by atoms with Gasteiger partial charge >= 0.3 is 0 Å². The Morgan fingerprint density at radius 3 is 2.75 bits per heavy atom. The summed E-state index contributed by atoms with van der Waals surface area (Å²) in [6.07, 6.45) is 1.93. The summed E-state index contributed by atoms with van der Waals surface area (Å²) in [7, 11) is 0. The molecule has 1 amide bonds. The van der Waals surface area contributed by atoms with E-state index < -0.39 is 16.7 Å². The summed E-state index contributed by atoms with van der Waals surface area (Å²) in [6.45, 7) is 5.71. The molecule has 0 radical (unpaired) electrons. The van der Waals surface area contributed by atoms with Crippen LogP contribution in [0, 0.1) is 5.82 Å². The number of carbonyl (C=O) groups excluding carboxylic acids is 1. The maximum Gasteiger partial charge on any atom is 0.245 e. The van der Waals surface area contributed by atoms with Crippen LogP contribution in [0.15, 0.2) is 53.1 Å². The van der Waals surface area contributed by atoms with Crippen LogP contribution in [0.25, 0.3) is 22.4 Å². The highest BCUT2D eigenvalue weighted by Gasteiger charge is 2.51. The quantitative estimate of drug-likeness (QED) is 0.236. The van der Waals surface area contributed by atoms with Crippen molar-refractivity contribution in [2.45, 2.75) is 44.6 Å². The highest BCUT2D eigenvalue weighted by Crippen LogP contribution is 2.45. The van der Waals surface area contributed by atoms with Crippen molar-refractivity contribution in [1.82, 2.24) is 45.4 Å². The van der Waals surface area contributed by atoms with Crippen LogP contribution in [0.4, 0.5) is 16.0 Å². The number of nitrogens with one attached hydrogen (secondary N) is 2. The smallest absolute Gasteiger partial charge is 0.245 e. The van der Waals surface area contributed by atoms with E-state index in [-0.39, 0.29) is 35.7 Å². The van der Waals surface area contributed by atoms with E-state index in [0.29, 0.717) is 50.7 Å². The molecule has 1 aliphatic rings. The van der Waals surface area contributed by atoms with Gasteiger partial charge in [0.05, 0.1) is 23.3 Å². The van der Waals surface area contributed by atoms with Crippen LogP contribution in [-0.4, -0.2) is 51.3 Å². The minimum absolute atomic E-state index is 0.0588. The lowest BCUT2D eigenvalue weighted by Crippen LogP contribution is -2.33. The van der Waals surface area contributed by atoms with Crippen molar-refractivity contribution < 1.29 is 13.6 Å². The van der Waals surface area contributed by atoms with Gasteiger partial charge in [0.25, 0.3) is 0 Å². The van der Waals surface area contributed by atoms with Crippen LogP contribution in [0.2, 0.25) is 5.02 Å². The maximum absolute atomic E-state index is 14.5. The molecule has 2 aromatic carbocycles. The first kappa shape index (κ1) is 27.6. The second-order valence-corrected chi connectivity index (χ2v) is 11.9. The van der Waals surface area contributed by atoms with Gasteiger partial charge in [-0.2, -0.15) is 10.3 Å². The van der Waals surface area contributed by atoms with Crippen molar-refractivity contribution in [2.75, 3.05) is 11.1 Å². The van der Waals surface area contributed by atoms with Crippen LogP contribution in [0.5, 0.6) is 0 Å². The number of aromatic nitrogens is 9. The predicted molar refractivity (Wildman–Crippen MR) is 158 cm³/mol. The average molecular weight is 614 g/mol. The molecular formula is C29H25ClFN11O2. The third-order valence-electron chi connectivity index (χ3n) is 7.88. The minimum Gasteiger partial charge on any atom is -0.447 e. The Morgan fingerprint density at radius 1 is 1.16 bits per heavy atom. The Balaban J connectivity index is 1.27. The molecule has 5 heterocycles. The fourth-order valence-corrected chi connectivity index (χ4v) is 5.70. The molecule has 0 bridgehead atoms. The summed E-state index contributed by atoms with van der Waals surface area (Å²) in [5.41, 5.74) is 7.07. The first-order chi connectivity index (χ1) is 21.0. The highest BCUT2D eigenvalue weighted by molar-refractivity contribution is 6.31. The van der Waals surface area contributed by atoms with Crippen LogP contribution in [0.3, 0.4) is 0 Å². The number of hydrogen-bond donors (Lipinski definition) is 3. The summed E-state index contributed by atoms with van der Waals surface area (Å²) in [5.74, 6) is 0.353. The zero-order chi connectivity index (χ0) is 30.8. The van der Waals surface area contributed by atoms with E-state index in [2.05, 4.69) is 40.9 Å². The lowest BCUT2D eigenvalue weighted by Gasteiger charge is -2.19. The first-order valence-corrected chi connectivity index (χ1v) is 14.0. The molecule has 4 N–H and O–H groups in total. The lowest BCUT2D eigenvalue weighted by atomic mass is 9.84. The Bertz CT molecular complexity index is 2070. The molecule has 1 unspecified atom stereocenters. The third-order valence-corrected chi connectivity index (χ3v) is 8.11. The number of hydrogen-bond acceptors (Lipinski definition) is 10. The number of oxazole rings is 1. The molecule has 4 aromatic heterocycles. The molecule has 222 valence electrons. The number of nitrogen functional groups attached to an aromatic ring is 1. The zero-order valence-electron chi connectivity index (χ0n) is 23.8. The number of aromatic amines is 1. The van der Waals surface area contributed by atoms with Gasteiger partial charge in [0.15, 0.2) is 17.1 Å². The molecule has 1 aliphatic heterocycles. The third kappa shape index (κ3) is 4.37. The number of fused-ring (bicyclic) bond motifs is 2. The van der Waals surface area contributed by atoms with Gasteiger partial charge in [0.2, 0.25) is 11.8 Å². The van der Waals surface area contributed by atoms with Crippen LogP contribution in [-0.2, 0) is 28.6 Å². The van der Waals surface area contributed by atoms with E-state index >= 15 is 0 Å². The van der Waals surface area contributed by atoms with Crippen LogP contribution >= 0.6 is 11.6 Å². The molecule has 7 rings (SSSR count). The van der Waals surface area contributed by atoms with Crippen molar-refractivity contribution in [3.63, 3.8) is 0 Å². The number of rotatable bonds is 7. The van der Waals surface area contributed by atoms with Gasteiger partial charge in [0, 0.05) is 27.8 Å². The SMILES string of the molecule is CC(C)(Cc1coc(C2(C)C(=O)Nc3nc(-c4nn(Cc5ccccc5F)c5cc(Cl)ccc45)nc(N)c32)n1)c1nn[nH]n1. The summed E-state index contributed by atoms with van der Waals surface area (Å²) >= 11 is 6.31. The fraction of sp³-hybridized carbons (Fsp3) is 0.241. The van der Waals surface area contributed by atoms with E-state index in [1.54, 1.807) is 48.0 Å². The second kappa shape index (κ2) is 9.91. The van der Waals surface area contributed by atoms with Gasteiger partial charge in [-0.05, 0) is 31.2 Å². The normalized spacial score (nSPS) is 16.4. The van der Waals surface area contributed by atoms with E-state index in [1.165, 1.54) is 12.3 Å². The maximum atomic E-state index is 14.5. The number of halogens is 2. The minimum atomic E-state index is -1.40. The largest absolute Gasteiger partial charge is 0.447 e. The summed E-state index contributed by atoms with van der Waals surface area (Å²) in [6, 6.07) is 11.7. The second-order valence-electron chi connectivity index (χ2n) is 11.4.